The zero-order valence-electron chi connectivity index (χ0n) is 23.5. The molecule has 2 amide bonds. The lowest BCUT2D eigenvalue weighted by molar-refractivity contribution is -0.137. The molecule has 1 saturated heterocycles. The topological polar surface area (TPSA) is 127 Å². The summed E-state index contributed by atoms with van der Waals surface area (Å²) in [4.78, 5) is 48.8. The Morgan fingerprint density at radius 3 is 2.61 bits per heavy atom. The molecule has 0 spiro atoms. The van der Waals surface area contributed by atoms with Gasteiger partial charge in [0.1, 0.15) is 17.5 Å². The van der Waals surface area contributed by atoms with E-state index >= 15 is 0 Å². The molecule has 1 aliphatic heterocycles. The lowest BCUT2D eigenvalue weighted by Crippen LogP contribution is -2.56. The molecule has 0 radical (unpaired) electrons. The number of aromatic nitrogens is 1. The first-order chi connectivity index (χ1) is 19.9. The van der Waals surface area contributed by atoms with Crippen molar-refractivity contribution in [3.8, 4) is 11.5 Å². The van der Waals surface area contributed by atoms with Crippen molar-refractivity contribution in [2.45, 2.75) is 38.1 Å². The summed E-state index contributed by atoms with van der Waals surface area (Å²) in [7, 11) is 1.57. The van der Waals surface area contributed by atoms with Gasteiger partial charge in [0.15, 0.2) is 0 Å². The number of benzene rings is 2. The van der Waals surface area contributed by atoms with Gasteiger partial charge in [0, 0.05) is 74.2 Å². The van der Waals surface area contributed by atoms with Gasteiger partial charge in [-0.2, -0.15) is 0 Å². The molecule has 2 aromatic carbocycles. The van der Waals surface area contributed by atoms with Crippen LogP contribution in [0, 0.1) is 5.92 Å². The zero-order chi connectivity index (χ0) is 28.8. The van der Waals surface area contributed by atoms with Gasteiger partial charge in [0.05, 0.1) is 12.7 Å². The predicted molar refractivity (Wildman–Crippen MR) is 157 cm³/mol. The Morgan fingerprint density at radius 2 is 1.88 bits per heavy atom. The molecule has 1 saturated carbocycles. The molecule has 4 N–H and O–H groups in total. The van der Waals surface area contributed by atoms with E-state index in [1.54, 1.807) is 43.6 Å². The summed E-state index contributed by atoms with van der Waals surface area (Å²) in [6, 6.07) is 10.9. The van der Waals surface area contributed by atoms with Crippen LogP contribution in [0.4, 0.5) is 5.69 Å². The van der Waals surface area contributed by atoms with E-state index in [1.165, 1.54) is 17.0 Å². The normalized spacial score (nSPS) is 17.2. The van der Waals surface area contributed by atoms with Gasteiger partial charge in [-0.15, -0.1) is 0 Å². The number of ketones is 1. The summed E-state index contributed by atoms with van der Waals surface area (Å²) >= 11 is 0. The van der Waals surface area contributed by atoms with Gasteiger partial charge in [-0.25, -0.2) is 0 Å². The second-order valence-corrected chi connectivity index (χ2v) is 10.9. The van der Waals surface area contributed by atoms with Crippen molar-refractivity contribution in [2.24, 2.45) is 5.92 Å². The minimum atomic E-state index is -0.817. The smallest absolute Gasteiger partial charge is 0.295 e. The first-order valence-electron chi connectivity index (χ1n) is 14.5. The standard InChI is InChI=1S/C31H39N5O5/c1-41-24-10-11-25-26(20-33-27(25)19-24)29(38)31(40)36(17-16-35-14-12-32-13-15-35)28(21-6-3-2-4-7-21)30(39)34-22-8-5-9-23(37)18-22/h5,8-11,18-21,28,32-33,37H,2-4,6-7,12-17H2,1H3,(H,34,39). The zero-order valence-corrected chi connectivity index (χ0v) is 23.5. The van der Waals surface area contributed by atoms with Crippen LogP contribution in [0.1, 0.15) is 42.5 Å². The van der Waals surface area contributed by atoms with E-state index < -0.39 is 17.7 Å². The third kappa shape index (κ3) is 6.71. The summed E-state index contributed by atoms with van der Waals surface area (Å²) in [5.41, 5.74) is 1.41. The SMILES string of the molecule is COc1ccc2c(C(=O)C(=O)N(CCN3CCNCC3)C(C(=O)Nc3cccc(O)c3)C3CCCCC3)c[nH]c2c1. The summed E-state index contributed by atoms with van der Waals surface area (Å²) in [5.74, 6) is -1.06. The lowest BCUT2D eigenvalue weighted by Gasteiger charge is -2.39. The van der Waals surface area contributed by atoms with Crippen LogP contribution in [0.3, 0.4) is 0 Å². The van der Waals surface area contributed by atoms with Gasteiger partial charge >= 0.3 is 0 Å². The molecule has 2 fully saturated rings. The Morgan fingerprint density at radius 1 is 1.10 bits per heavy atom. The average Bonchev–Trinajstić information content (AvgIpc) is 3.42. The van der Waals surface area contributed by atoms with Crippen molar-refractivity contribution >= 4 is 34.2 Å². The van der Waals surface area contributed by atoms with E-state index in [9.17, 15) is 19.5 Å². The van der Waals surface area contributed by atoms with Crippen LogP contribution in [-0.2, 0) is 9.59 Å². The fourth-order valence-electron chi connectivity index (χ4n) is 6.08. The summed E-state index contributed by atoms with van der Waals surface area (Å²) in [6.07, 6.45) is 6.19. The molecule has 2 heterocycles. The Balaban J connectivity index is 1.47. The number of H-pyrrole nitrogens is 1. The number of anilines is 1. The van der Waals surface area contributed by atoms with Crippen molar-refractivity contribution in [3.05, 3.63) is 54.2 Å². The molecule has 10 nitrogen and oxygen atoms in total. The van der Waals surface area contributed by atoms with Crippen LogP contribution in [0.5, 0.6) is 11.5 Å². The minimum absolute atomic E-state index is 0.0369. The monoisotopic (exact) mass is 561 g/mol. The van der Waals surface area contributed by atoms with Crippen LogP contribution in [-0.4, -0.2) is 89.9 Å². The van der Waals surface area contributed by atoms with Crippen molar-refractivity contribution in [1.82, 2.24) is 20.1 Å². The number of ether oxygens (including phenoxy) is 1. The number of carbonyl (C=O) groups is 3. The molecule has 0 bridgehead atoms. The number of hydrogen-bond acceptors (Lipinski definition) is 7. The fraction of sp³-hybridized carbons (Fsp3) is 0.452. The molecule has 41 heavy (non-hydrogen) atoms. The number of aromatic amines is 1. The highest BCUT2D eigenvalue weighted by Gasteiger charge is 2.40. The van der Waals surface area contributed by atoms with Crippen molar-refractivity contribution in [3.63, 3.8) is 0 Å². The Hall–Kier alpha value is -3.89. The minimum Gasteiger partial charge on any atom is -0.508 e. The third-order valence-electron chi connectivity index (χ3n) is 8.27. The number of rotatable bonds is 10. The number of phenols is 1. The van der Waals surface area contributed by atoms with E-state index in [0.717, 1.165) is 58.3 Å². The van der Waals surface area contributed by atoms with E-state index in [2.05, 4.69) is 20.5 Å². The number of Topliss-reactive ketones (excluding diaryl/α,β-unsaturated/α-hetero) is 1. The van der Waals surface area contributed by atoms with E-state index in [0.29, 0.717) is 28.9 Å². The Labute approximate surface area is 240 Å². The number of piperazine rings is 1. The molecular weight excluding hydrogens is 522 g/mol. The molecule has 2 aliphatic rings. The van der Waals surface area contributed by atoms with E-state index in [1.807, 2.05) is 0 Å². The number of nitrogens with zero attached hydrogens (tertiary/aromatic N) is 2. The van der Waals surface area contributed by atoms with Crippen LogP contribution in [0.25, 0.3) is 10.9 Å². The highest BCUT2D eigenvalue weighted by molar-refractivity contribution is 6.45. The number of phenolic OH excluding ortho intramolecular Hbond substituents is 1. The maximum absolute atomic E-state index is 14.2. The molecule has 1 aromatic heterocycles. The summed E-state index contributed by atoms with van der Waals surface area (Å²) < 4.78 is 5.30. The second kappa shape index (κ2) is 13.2. The molecule has 1 aliphatic carbocycles. The highest BCUT2D eigenvalue weighted by atomic mass is 16.5. The maximum atomic E-state index is 14.2. The van der Waals surface area contributed by atoms with Crippen LogP contribution in [0.15, 0.2) is 48.7 Å². The molecule has 1 unspecified atom stereocenters. The Bertz CT molecular complexity index is 1380. The van der Waals surface area contributed by atoms with Gasteiger partial charge in [-0.05, 0) is 43.0 Å². The number of hydrogen-bond donors (Lipinski definition) is 4. The number of aromatic hydroxyl groups is 1. The molecular formula is C31H39N5O5. The predicted octanol–water partition coefficient (Wildman–Crippen LogP) is 3.39. The van der Waals surface area contributed by atoms with E-state index in [-0.39, 0.29) is 29.7 Å². The molecule has 218 valence electrons. The number of amides is 2. The summed E-state index contributed by atoms with van der Waals surface area (Å²) in [6.45, 7) is 4.21. The van der Waals surface area contributed by atoms with Gasteiger partial charge in [-0.3, -0.25) is 19.3 Å². The maximum Gasteiger partial charge on any atom is 0.295 e. The Kier molecular flexibility index (Phi) is 9.21. The van der Waals surface area contributed by atoms with Crippen molar-refractivity contribution < 1.29 is 24.2 Å². The fourth-order valence-corrected chi connectivity index (χ4v) is 6.08. The van der Waals surface area contributed by atoms with Crippen LogP contribution < -0.4 is 15.4 Å². The van der Waals surface area contributed by atoms with Crippen LogP contribution >= 0.6 is 0 Å². The van der Waals surface area contributed by atoms with Crippen molar-refractivity contribution in [2.75, 3.05) is 51.7 Å². The first kappa shape index (κ1) is 28.6. The second-order valence-electron chi connectivity index (χ2n) is 10.9. The third-order valence-corrected chi connectivity index (χ3v) is 8.27. The molecule has 5 rings (SSSR count). The lowest BCUT2D eigenvalue weighted by atomic mass is 9.82. The van der Waals surface area contributed by atoms with Crippen molar-refractivity contribution in [1.29, 1.82) is 0 Å². The quantitative estimate of drug-likeness (QED) is 0.221. The number of methoxy groups -OCH3 is 1. The highest BCUT2D eigenvalue weighted by Crippen LogP contribution is 2.31. The first-order valence-corrected chi connectivity index (χ1v) is 14.5. The van der Waals surface area contributed by atoms with Crippen LogP contribution in [0.2, 0.25) is 0 Å². The number of nitrogens with one attached hydrogen (secondary N) is 3. The van der Waals surface area contributed by atoms with Gasteiger partial charge in [0.25, 0.3) is 11.7 Å². The van der Waals surface area contributed by atoms with Gasteiger partial charge in [-0.1, -0.05) is 25.3 Å². The molecule has 10 heteroatoms. The molecule has 1 atom stereocenters. The van der Waals surface area contributed by atoms with E-state index in [4.69, 9.17) is 4.74 Å². The van der Waals surface area contributed by atoms with Gasteiger partial charge in [0.2, 0.25) is 5.91 Å². The number of carbonyl (C=O) groups excluding carboxylic acids is 3. The van der Waals surface area contributed by atoms with Gasteiger partial charge < -0.3 is 30.4 Å². The summed E-state index contributed by atoms with van der Waals surface area (Å²) in [5, 5.41) is 16.8. The average molecular weight is 562 g/mol. The largest absolute Gasteiger partial charge is 0.508 e. The molecule has 3 aromatic rings. The number of fused-ring (bicyclic) bond motifs is 1.